The van der Waals surface area contributed by atoms with Gasteiger partial charge in [-0.2, -0.15) is 0 Å². The zero-order chi connectivity index (χ0) is 15.1. The largest absolute Gasteiger partial charge is 0.493 e. The third-order valence-corrected chi connectivity index (χ3v) is 4.21. The maximum Gasteiger partial charge on any atom is 0.225 e. The number of amides is 1. The van der Waals surface area contributed by atoms with Gasteiger partial charge >= 0.3 is 0 Å². The van der Waals surface area contributed by atoms with Crippen molar-refractivity contribution in [3.05, 3.63) is 24.3 Å². The van der Waals surface area contributed by atoms with Gasteiger partial charge in [0.25, 0.3) is 0 Å². The van der Waals surface area contributed by atoms with Gasteiger partial charge in [0.15, 0.2) is 0 Å². The Hall–Kier alpha value is -1.71. The average molecular weight is 290 g/mol. The Balaban J connectivity index is 1.75. The smallest absolute Gasteiger partial charge is 0.225 e. The summed E-state index contributed by atoms with van der Waals surface area (Å²) in [6.07, 6.45) is 7.77. The van der Waals surface area contributed by atoms with Crippen molar-refractivity contribution in [2.75, 3.05) is 19.4 Å². The van der Waals surface area contributed by atoms with Gasteiger partial charge in [0.2, 0.25) is 5.91 Å². The van der Waals surface area contributed by atoms with E-state index < -0.39 is 0 Å². The van der Waals surface area contributed by atoms with Crippen LogP contribution in [0.25, 0.3) is 0 Å². The van der Waals surface area contributed by atoms with Crippen LogP contribution in [0.3, 0.4) is 0 Å². The van der Waals surface area contributed by atoms with E-state index >= 15 is 0 Å². The molecule has 0 bridgehead atoms. The summed E-state index contributed by atoms with van der Waals surface area (Å²) in [5.41, 5.74) is 6.37. The van der Waals surface area contributed by atoms with E-state index in [9.17, 15) is 4.79 Å². The second-order valence-corrected chi connectivity index (χ2v) is 5.82. The molecule has 0 unspecified atom stereocenters. The third kappa shape index (κ3) is 4.96. The normalized spacial score (nSPS) is 16.2. The molecule has 0 spiro atoms. The summed E-state index contributed by atoms with van der Waals surface area (Å²) in [5.74, 6) is 0.894. The zero-order valence-corrected chi connectivity index (χ0v) is 12.9. The number of hydrogen-bond acceptors (Lipinski definition) is 3. The molecule has 1 aromatic carbocycles. The van der Waals surface area contributed by atoms with Crippen LogP contribution in [0, 0.1) is 0 Å². The van der Waals surface area contributed by atoms with Crippen molar-refractivity contribution in [2.24, 2.45) is 0 Å². The molecule has 1 aromatic rings. The summed E-state index contributed by atoms with van der Waals surface area (Å²) >= 11 is 0. The maximum atomic E-state index is 12.2. The number of anilines is 1. The van der Waals surface area contributed by atoms with Crippen LogP contribution in [0.5, 0.6) is 5.75 Å². The number of ether oxygens (including phenoxy) is 1. The van der Waals surface area contributed by atoms with E-state index in [4.69, 9.17) is 10.5 Å². The van der Waals surface area contributed by atoms with Gasteiger partial charge in [-0.15, -0.1) is 0 Å². The van der Waals surface area contributed by atoms with Gasteiger partial charge in [-0.1, -0.05) is 31.7 Å². The Morgan fingerprint density at radius 2 is 2.00 bits per heavy atom. The molecule has 4 heteroatoms. The van der Waals surface area contributed by atoms with Crippen LogP contribution < -0.4 is 10.5 Å². The van der Waals surface area contributed by atoms with Crippen LogP contribution in [0.2, 0.25) is 0 Å². The van der Waals surface area contributed by atoms with Crippen LogP contribution in [0.4, 0.5) is 5.69 Å². The van der Waals surface area contributed by atoms with E-state index in [0.29, 0.717) is 24.8 Å². The van der Waals surface area contributed by atoms with Gasteiger partial charge < -0.3 is 15.4 Å². The van der Waals surface area contributed by atoms with Crippen molar-refractivity contribution in [3.63, 3.8) is 0 Å². The van der Waals surface area contributed by atoms with E-state index in [1.807, 2.05) is 30.1 Å². The van der Waals surface area contributed by atoms with E-state index in [2.05, 4.69) is 0 Å². The number of nitrogens with zero attached hydrogens (tertiary/aromatic N) is 1. The number of benzene rings is 1. The molecule has 1 fully saturated rings. The fourth-order valence-corrected chi connectivity index (χ4v) is 2.89. The summed E-state index contributed by atoms with van der Waals surface area (Å²) in [6, 6.07) is 7.71. The molecule has 0 heterocycles. The second-order valence-electron chi connectivity index (χ2n) is 5.82. The second kappa shape index (κ2) is 7.91. The third-order valence-electron chi connectivity index (χ3n) is 4.21. The number of carbonyl (C=O) groups is 1. The molecule has 21 heavy (non-hydrogen) atoms. The summed E-state index contributed by atoms with van der Waals surface area (Å²) in [6.45, 7) is 0.402. The topological polar surface area (TPSA) is 55.6 Å². The Labute approximate surface area is 127 Å². The lowest BCUT2D eigenvalue weighted by Gasteiger charge is -2.27. The zero-order valence-electron chi connectivity index (χ0n) is 12.9. The minimum atomic E-state index is 0.172. The van der Waals surface area contributed by atoms with Gasteiger partial charge in [0.05, 0.1) is 13.0 Å². The molecule has 0 atom stereocenters. The highest BCUT2D eigenvalue weighted by molar-refractivity contribution is 5.76. The number of nitrogen functional groups attached to an aromatic ring is 1. The molecule has 1 aliphatic rings. The Kier molecular flexibility index (Phi) is 5.90. The van der Waals surface area contributed by atoms with E-state index in [1.165, 1.54) is 25.7 Å². The highest BCUT2D eigenvalue weighted by Gasteiger charge is 2.20. The molecule has 1 aliphatic carbocycles. The predicted molar refractivity (Wildman–Crippen MR) is 85.2 cm³/mol. The Bertz CT molecular complexity index is 454. The Morgan fingerprint density at radius 1 is 1.29 bits per heavy atom. The van der Waals surface area contributed by atoms with Crippen LogP contribution in [-0.2, 0) is 4.79 Å². The fraction of sp³-hybridized carbons (Fsp3) is 0.588. The van der Waals surface area contributed by atoms with Crippen molar-refractivity contribution >= 4 is 11.6 Å². The molecule has 2 N–H and O–H groups in total. The van der Waals surface area contributed by atoms with Crippen molar-refractivity contribution in [2.45, 2.75) is 51.0 Å². The van der Waals surface area contributed by atoms with Gasteiger partial charge in [-0.3, -0.25) is 4.79 Å². The SMILES string of the molecule is CN(C(=O)CCOc1cccc(N)c1)C1CCCCCC1. The highest BCUT2D eigenvalue weighted by Crippen LogP contribution is 2.21. The van der Waals surface area contributed by atoms with Crippen LogP contribution in [0.15, 0.2) is 24.3 Å². The van der Waals surface area contributed by atoms with Crippen molar-refractivity contribution in [3.8, 4) is 5.75 Å². The van der Waals surface area contributed by atoms with Crippen LogP contribution in [-0.4, -0.2) is 30.5 Å². The first kappa shape index (κ1) is 15.7. The van der Waals surface area contributed by atoms with E-state index in [0.717, 1.165) is 18.6 Å². The van der Waals surface area contributed by atoms with Gasteiger partial charge in [-0.05, 0) is 25.0 Å². The van der Waals surface area contributed by atoms with E-state index in [-0.39, 0.29) is 5.91 Å². The van der Waals surface area contributed by atoms with Crippen molar-refractivity contribution < 1.29 is 9.53 Å². The molecule has 0 aromatic heterocycles. The number of rotatable bonds is 5. The standard InChI is InChI=1S/C17H26N2O2/c1-19(15-8-4-2-3-5-9-15)17(20)11-12-21-16-10-6-7-14(18)13-16/h6-7,10,13,15H,2-5,8-9,11-12,18H2,1H3. The monoisotopic (exact) mass is 290 g/mol. The van der Waals surface area contributed by atoms with Gasteiger partial charge in [0, 0.05) is 24.8 Å². The molecule has 0 aliphatic heterocycles. The predicted octanol–water partition coefficient (Wildman–Crippen LogP) is 3.22. The highest BCUT2D eigenvalue weighted by atomic mass is 16.5. The fourth-order valence-electron chi connectivity index (χ4n) is 2.89. The molecule has 2 rings (SSSR count). The number of carbonyl (C=O) groups excluding carboxylic acids is 1. The molecule has 1 saturated carbocycles. The summed E-state index contributed by atoms with van der Waals surface area (Å²) in [4.78, 5) is 14.2. The first-order valence-electron chi connectivity index (χ1n) is 7.91. The summed E-state index contributed by atoms with van der Waals surface area (Å²) in [7, 11) is 1.93. The lowest BCUT2D eigenvalue weighted by Crippen LogP contribution is -2.37. The molecule has 1 amide bonds. The molecule has 0 saturated heterocycles. The lowest BCUT2D eigenvalue weighted by molar-refractivity contribution is -0.132. The minimum Gasteiger partial charge on any atom is -0.493 e. The van der Waals surface area contributed by atoms with Gasteiger partial charge in [-0.25, -0.2) is 0 Å². The maximum absolute atomic E-state index is 12.2. The first-order chi connectivity index (χ1) is 10.2. The minimum absolute atomic E-state index is 0.172. The van der Waals surface area contributed by atoms with Crippen molar-refractivity contribution in [1.82, 2.24) is 4.90 Å². The average Bonchev–Trinajstić information content (AvgIpc) is 2.75. The summed E-state index contributed by atoms with van der Waals surface area (Å²) in [5, 5.41) is 0. The summed E-state index contributed by atoms with van der Waals surface area (Å²) < 4.78 is 5.59. The van der Waals surface area contributed by atoms with Crippen LogP contribution >= 0.6 is 0 Å². The van der Waals surface area contributed by atoms with Gasteiger partial charge in [0.1, 0.15) is 5.75 Å². The van der Waals surface area contributed by atoms with Crippen LogP contribution in [0.1, 0.15) is 44.9 Å². The van der Waals surface area contributed by atoms with Crippen molar-refractivity contribution in [1.29, 1.82) is 0 Å². The molecule has 4 nitrogen and oxygen atoms in total. The lowest BCUT2D eigenvalue weighted by atomic mass is 10.1. The molecule has 0 radical (unpaired) electrons. The quantitative estimate of drug-likeness (QED) is 0.669. The number of nitrogens with two attached hydrogens (primary N) is 1. The molecular weight excluding hydrogens is 264 g/mol. The first-order valence-corrected chi connectivity index (χ1v) is 7.91. The number of hydrogen-bond donors (Lipinski definition) is 1. The Morgan fingerprint density at radius 3 is 2.67 bits per heavy atom. The molecule has 116 valence electrons. The molecular formula is C17H26N2O2. The van der Waals surface area contributed by atoms with E-state index in [1.54, 1.807) is 6.07 Å².